The van der Waals surface area contributed by atoms with Crippen molar-refractivity contribution in [1.29, 1.82) is 0 Å². The normalized spacial score (nSPS) is 19.9. The van der Waals surface area contributed by atoms with Gasteiger partial charge in [-0.05, 0) is 60.0 Å². The van der Waals surface area contributed by atoms with E-state index in [1.165, 1.54) is 19.3 Å². The van der Waals surface area contributed by atoms with E-state index in [0.717, 1.165) is 60.1 Å². The molecule has 0 radical (unpaired) electrons. The number of aryl methyl sites for hydroxylation is 1. The van der Waals surface area contributed by atoms with Crippen LogP contribution < -0.4 is 5.56 Å². The zero-order chi connectivity index (χ0) is 21.9. The van der Waals surface area contributed by atoms with Crippen molar-refractivity contribution < 1.29 is 4.74 Å². The number of nitrogens with one attached hydrogen (secondary N) is 1. The largest absolute Gasteiger partial charge is 0.376 e. The van der Waals surface area contributed by atoms with E-state index < -0.39 is 0 Å². The number of ether oxygens (including phenoxy) is 1. The summed E-state index contributed by atoms with van der Waals surface area (Å²) < 4.78 is 7.68. The van der Waals surface area contributed by atoms with Crippen molar-refractivity contribution in [3.05, 3.63) is 51.6 Å². The second-order valence-electron chi connectivity index (χ2n) is 9.27. The fourth-order valence-corrected chi connectivity index (χ4v) is 5.17. The molecule has 1 atom stereocenters. The minimum atomic E-state index is -0.00782. The Balaban J connectivity index is 1.41. The van der Waals surface area contributed by atoms with E-state index in [0.29, 0.717) is 25.7 Å². The minimum Gasteiger partial charge on any atom is -0.376 e. The number of nitrogens with zero attached hydrogens (tertiary/aromatic N) is 5. The third-order valence-electron chi connectivity index (χ3n) is 6.98. The molecular formula is C24H32N6O2. The van der Waals surface area contributed by atoms with Gasteiger partial charge in [0.05, 0.1) is 24.7 Å². The zero-order valence-electron chi connectivity index (χ0n) is 18.8. The highest BCUT2D eigenvalue weighted by atomic mass is 16.5. The lowest BCUT2D eigenvalue weighted by Gasteiger charge is -2.34. The number of hydrogen-bond acceptors (Lipinski definition) is 6. The molecule has 3 aromatic rings. The maximum Gasteiger partial charge on any atom is 0.252 e. The number of aromatic amines is 1. The molecule has 1 aromatic carbocycles. The molecule has 0 unspecified atom stereocenters. The van der Waals surface area contributed by atoms with Crippen LogP contribution in [0.15, 0.2) is 29.1 Å². The van der Waals surface area contributed by atoms with Crippen molar-refractivity contribution in [2.75, 3.05) is 6.61 Å². The molecule has 1 saturated heterocycles. The third kappa shape index (κ3) is 4.61. The molecule has 8 nitrogen and oxygen atoms in total. The van der Waals surface area contributed by atoms with E-state index in [1.54, 1.807) is 0 Å². The Morgan fingerprint density at radius 1 is 1.16 bits per heavy atom. The van der Waals surface area contributed by atoms with Gasteiger partial charge in [-0.25, -0.2) is 4.68 Å². The van der Waals surface area contributed by atoms with Crippen LogP contribution >= 0.6 is 0 Å². The van der Waals surface area contributed by atoms with Crippen molar-refractivity contribution in [1.82, 2.24) is 30.1 Å². The first-order chi connectivity index (χ1) is 15.7. The number of rotatable bonds is 7. The number of H-pyrrole nitrogens is 1. The molecule has 8 heteroatoms. The standard InChI is InChI=1S/C24H32N6O2/c1-17-7-5-8-18-13-19(24(31)25-23(17)18)14-29(20-9-3-2-4-10-20)16-22-26-27-28-30(22)15-21-11-6-12-32-21/h5,7-8,13,20-21H,2-4,6,9-12,14-16H2,1H3,(H,25,31)/t21-/m0/s1. The first kappa shape index (κ1) is 21.3. The quantitative estimate of drug-likeness (QED) is 0.611. The highest BCUT2D eigenvalue weighted by Crippen LogP contribution is 2.26. The first-order valence-electron chi connectivity index (χ1n) is 11.9. The number of aromatic nitrogens is 5. The molecule has 2 fully saturated rings. The van der Waals surface area contributed by atoms with Crippen molar-refractivity contribution >= 4 is 10.9 Å². The molecule has 2 aromatic heterocycles. The SMILES string of the molecule is Cc1cccc2cc(CN(Cc3nnnn3C[C@@H]3CCCO3)C3CCCCC3)c(=O)[nH]c12. The Morgan fingerprint density at radius 3 is 2.84 bits per heavy atom. The Morgan fingerprint density at radius 2 is 2.03 bits per heavy atom. The Bertz CT molecular complexity index is 1110. The second kappa shape index (κ2) is 9.50. The summed E-state index contributed by atoms with van der Waals surface area (Å²) in [5, 5.41) is 13.6. The molecule has 170 valence electrons. The average Bonchev–Trinajstić information content (AvgIpc) is 3.48. The highest BCUT2D eigenvalue weighted by Gasteiger charge is 2.26. The number of fused-ring (bicyclic) bond motifs is 1. The summed E-state index contributed by atoms with van der Waals surface area (Å²) in [4.78, 5) is 18.5. The van der Waals surface area contributed by atoms with Gasteiger partial charge < -0.3 is 9.72 Å². The van der Waals surface area contributed by atoms with Gasteiger partial charge in [-0.15, -0.1) is 5.10 Å². The molecule has 0 amide bonds. The van der Waals surface area contributed by atoms with Crippen molar-refractivity contribution in [2.24, 2.45) is 0 Å². The molecule has 0 bridgehead atoms. The van der Waals surface area contributed by atoms with E-state index in [1.807, 2.05) is 29.8 Å². The number of tetrazole rings is 1. The Kier molecular flexibility index (Phi) is 6.32. The fraction of sp³-hybridized carbons (Fsp3) is 0.583. The number of pyridine rings is 1. The number of para-hydroxylation sites is 1. The average molecular weight is 437 g/mol. The van der Waals surface area contributed by atoms with Gasteiger partial charge in [-0.2, -0.15) is 0 Å². The Hall–Kier alpha value is -2.58. The zero-order valence-corrected chi connectivity index (χ0v) is 18.8. The molecular weight excluding hydrogens is 404 g/mol. The van der Waals surface area contributed by atoms with E-state index >= 15 is 0 Å². The fourth-order valence-electron chi connectivity index (χ4n) is 5.17. The van der Waals surface area contributed by atoms with E-state index in [4.69, 9.17) is 4.74 Å². The van der Waals surface area contributed by atoms with Gasteiger partial charge in [0.2, 0.25) is 0 Å². The molecule has 3 heterocycles. The minimum absolute atomic E-state index is 0.00782. The van der Waals surface area contributed by atoms with Crippen molar-refractivity contribution in [2.45, 2.75) is 83.6 Å². The maximum atomic E-state index is 13.0. The third-order valence-corrected chi connectivity index (χ3v) is 6.98. The summed E-state index contributed by atoms with van der Waals surface area (Å²) in [5.41, 5.74) is 2.80. The summed E-state index contributed by atoms with van der Waals surface area (Å²) in [6, 6.07) is 8.61. The van der Waals surface area contributed by atoms with Crippen LogP contribution in [0.5, 0.6) is 0 Å². The van der Waals surface area contributed by atoms with Crippen LogP contribution in [-0.2, 0) is 24.4 Å². The van der Waals surface area contributed by atoms with Crippen LogP contribution in [0.3, 0.4) is 0 Å². The topological polar surface area (TPSA) is 88.9 Å². The van der Waals surface area contributed by atoms with Gasteiger partial charge in [0, 0.05) is 24.8 Å². The van der Waals surface area contributed by atoms with Crippen LogP contribution in [0.1, 0.15) is 61.9 Å². The summed E-state index contributed by atoms with van der Waals surface area (Å²) in [7, 11) is 0. The maximum absolute atomic E-state index is 13.0. The van der Waals surface area contributed by atoms with Crippen molar-refractivity contribution in [3.63, 3.8) is 0 Å². The van der Waals surface area contributed by atoms with Crippen LogP contribution in [0.25, 0.3) is 10.9 Å². The molecule has 0 spiro atoms. The van der Waals surface area contributed by atoms with Crippen LogP contribution in [0.2, 0.25) is 0 Å². The molecule has 1 aliphatic heterocycles. The molecule has 32 heavy (non-hydrogen) atoms. The van der Waals surface area contributed by atoms with Gasteiger partial charge in [-0.3, -0.25) is 9.69 Å². The van der Waals surface area contributed by atoms with Gasteiger partial charge in [0.25, 0.3) is 5.56 Å². The lowest BCUT2D eigenvalue weighted by Crippen LogP contribution is -2.38. The lowest BCUT2D eigenvalue weighted by molar-refractivity contribution is 0.0893. The highest BCUT2D eigenvalue weighted by molar-refractivity contribution is 5.81. The first-order valence-corrected chi connectivity index (χ1v) is 11.9. The smallest absolute Gasteiger partial charge is 0.252 e. The van der Waals surface area contributed by atoms with Gasteiger partial charge in [0.15, 0.2) is 5.82 Å². The predicted molar refractivity (Wildman–Crippen MR) is 122 cm³/mol. The van der Waals surface area contributed by atoms with Crippen LogP contribution in [0.4, 0.5) is 0 Å². The monoisotopic (exact) mass is 436 g/mol. The molecule has 2 aliphatic rings. The summed E-state index contributed by atoms with van der Waals surface area (Å²) in [5.74, 6) is 0.846. The van der Waals surface area contributed by atoms with Gasteiger partial charge in [0.1, 0.15) is 0 Å². The summed E-state index contributed by atoms with van der Waals surface area (Å²) >= 11 is 0. The van der Waals surface area contributed by atoms with E-state index in [2.05, 4.69) is 31.5 Å². The van der Waals surface area contributed by atoms with Crippen LogP contribution in [0, 0.1) is 6.92 Å². The molecule has 5 rings (SSSR count). The second-order valence-corrected chi connectivity index (χ2v) is 9.27. The summed E-state index contributed by atoms with van der Waals surface area (Å²) in [6.07, 6.45) is 8.39. The number of benzene rings is 1. The predicted octanol–water partition coefficient (Wildman–Crippen LogP) is 3.34. The van der Waals surface area contributed by atoms with Crippen molar-refractivity contribution in [3.8, 4) is 0 Å². The Labute approximate surface area is 188 Å². The van der Waals surface area contributed by atoms with Crippen LogP contribution in [-0.4, -0.2) is 48.8 Å². The number of hydrogen-bond donors (Lipinski definition) is 1. The molecule has 1 N–H and O–H groups in total. The molecule has 1 saturated carbocycles. The van der Waals surface area contributed by atoms with Gasteiger partial charge in [-0.1, -0.05) is 37.5 Å². The lowest BCUT2D eigenvalue weighted by atomic mass is 9.93. The van der Waals surface area contributed by atoms with E-state index in [-0.39, 0.29) is 11.7 Å². The van der Waals surface area contributed by atoms with Gasteiger partial charge >= 0.3 is 0 Å². The summed E-state index contributed by atoms with van der Waals surface area (Å²) in [6.45, 7) is 4.77. The van der Waals surface area contributed by atoms with E-state index in [9.17, 15) is 4.79 Å². The molecule has 1 aliphatic carbocycles.